The van der Waals surface area contributed by atoms with Gasteiger partial charge < -0.3 is 10.4 Å². The number of aryl methyl sites for hydroxylation is 1. The molecule has 0 aliphatic rings. The summed E-state index contributed by atoms with van der Waals surface area (Å²) in [6, 6.07) is 7.84. The highest BCUT2D eigenvalue weighted by Gasteiger charge is 2.08. The number of carbonyl (C=O) groups is 2. The summed E-state index contributed by atoms with van der Waals surface area (Å²) >= 11 is 0. The lowest BCUT2D eigenvalue weighted by Crippen LogP contribution is -2.25. The third-order valence-corrected chi connectivity index (χ3v) is 3.20. The predicted molar refractivity (Wildman–Crippen MR) is 79.0 cm³/mol. The number of hydrogen-bond acceptors (Lipinski definition) is 4. The Hall–Kier alpha value is -2.70. The number of amides is 1. The Morgan fingerprint density at radius 3 is 2.68 bits per heavy atom. The predicted octanol–water partition coefficient (Wildman–Crippen LogP) is 0.784. The second kappa shape index (κ2) is 7.35. The number of carboxylic acid groups (broad SMARTS) is 1. The quantitative estimate of drug-likeness (QED) is 0.788. The van der Waals surface area contributed by atoms with E-state index < -0.39 is 5.97 Å². The van der Waals surface area contributed by atoms with Gasteiger partial charge in [0, 0.05) is 0 Å². The van der Waals surface area contributed by atoms with Crippen molar-refractivity contribution in [3.8, 4) is 0 Å². The first kappa shape index (κ1) is 15.7. The molecule has 2 N–H and O–H groups in total. The lowest BCUT2D eigenvalue weighted by molar-refractivity contribution is -0.138. The van der Waals surface area contributed by atoms with Gasteiger partial charge in [-0.2, -0.15) is 0 Å². The molecule has 0 aliphatic heterocycles. The summed E-state index contributed by atoms with van der Waals surface area (Å²) in [6.07, 6.45) is 2.70. The molecule has 0 saturated heterocycles. The average molecular weight is 302 g/mol. The van der Waals surface area contributed by atoms with E-state index in [1.807, 2.05) is 24.3 Å². The summed E-state index contributed by atoms with van der Waals surface area (Å²) in [5, 5.41) is 18.9. The van der Waals surface area contributed by atoms with Gasteiger partial charge >= 0.3 is 5.97 Å². The van der Waals surface area contributed by atoms with Gasteiger partial charge in [-0.3, -0.25) is 9.59 Å². The van der Waals surface area contributed by atoms with E-state index in [2.05, 4.69) is 22.6 Å². The van der Waals surface area contributed by atoms with E-state index >= 15 is 0 Å². The molecule has 1 amide bonds. The van der Waals surface area contributed by atoms with Gasteiger partial charge in [0.15, 0.2) is 0 Å². The Kier molecular flexibility index (Phi) is 5.24. The third-order valence-electron chi connectivity index (χ3n) is 3.20. The van der Waals surface area contributed by atoms with Crippen LogP contribution in [0.4, 0.5) is 0 Å². The van der Waals surface area contributed by atoms with Crippen LogP contribution < -0.4 is 5.32 Å². The maximum Gasteiger partial charge on any atom is 0.325 e. The van der Waals surface area contributed by atoms with Crippen molar-refractivity contribution < 1.29 is 14.7 Å². The first-order valence-electron chi connectivity index (χ1n) is 7.02. The molecule has 7 heteroatoms. The van der Waals surface area contributed by atoms with Crippen molar-refractivity contribution in [1.82, 2.24) is 20.3 Å². The molecule has 0 fully saturated rings. The van der Waals surface area contributed by atoms with E-state index in [-0.39, 0.29) is 19.0 Å². The smallest absolute Gasteiger partial charge is 0.325 e. The van der Waals surface area contributed by atoms with Crippen molar-refractivity contribution in [2.24, 2.45) is 0 Å². The number of aliphatic carboxylic acids is 1. The van der Waals surface area contributed by atoms with E-state index in [9.17, 15) is 9.59 Å². The van der Waals surface area contributed by atoms with Gasteiger partial charge in [-0.15, -0.1) is 5.10 Å². The van der Waals surface area contributed by atoms with Crippen molar-refractivity contribution in [2.45, 2.75) is 32.9 Å². The maximum atomic E-state index is 12.0. The molecular weight excluding hydrogens is 284 g/mol. The Bertz CT molecular complexity index is 666. The van der Waals surface area contributed by atoms with Crippen molar-refractivity contribution >= 4 is 11.9 Å². The first-order valence-corrected chi connectivity index (χ1v) is 7.02. The molecule has 0 spiro atoms. The van der Waals surface area contributed by atoms with Crippen LogP contribution in [0.3, 0.4) is 0 Å². The number of nitrogens with zero attached hydrogens (tertiary/aromatic N) is 3. The number of carboxylic acids is 1. The maximum absolute atomic E-state index is 12.0. The van der Waals surface area contributed by atoms with E-state index in [0.717, 1.165) is 17.5 Å². The van der Waals surface area contributed by atoms with Gasteiger partial charge in [-0.05, 0) is 17.5 Å². The van der Waals surface area contributed by atoms with Gasteiger partial charge in [-0.25, -0.2) is 4.68 Å². The van der Waals surface area contributed by atoms with Crippen molar-refractivity contribution in [1.29, 1.82) is 0 Å². The molecule has 0 unspecified atom stereocenters. The Morgan fingerprint density at radius 1 is 1.27 bits per heavy atom. The average Bonchev–Trinajstić information content (AvgIpc) is 2.92. The van der Waals surface area contributed by atoms with Crippen molar-refractivity contribution in [3.63, 3.8) is 0 Å². The first-order chi connectivity index (χ1) is 10.6. The number of rotatable bonds is 7. The molecule has 0 bridgehead atoms. The fourth-order valence-corrected chi connectivity index (χ4v) is 2.13. The van der Waals surface area contributed by atoms with Gasteiger partial charge in [0.1, 0.15) is 12.2 Å². The number of carbonyl (C=O) groups excluding carboxylic acids is 1. The fraction of sp³-hybridized carbons (Fsp3) is 0.333. The largest absolute Gasteiger partial charge is 0.480 e. The lowest BCUT2D eigenvalue weighted by atomic mass is 10.0. The van der Waals surface area contributed by atoms with Crippen LogP contribution in [0.5, 0.6) is 0 Å². The van der Waals surface area contributed by atoms with E-state index in [1.54, 1.807) is 0 Å². The fourth-order valence-electron chi connectivity index (χ4n) is 2.13. The SMILES string of the molecule is CCc1ccccc1CC(=O)NCc1cn(CC(=O)O)nn1. The zero-order valence-corrected chi connectivity index (χ0v) is 12.3. The second-order valence-corrected chi connectivity index (χ2v) is 4.88. The molecule has 7 nitrogen and oxygen atoms in total. The summed E-state index contributed by atoms with van der Waals surface area (Å²) in [6.45, 7) is 2.04. The van der Waals surface area contributed by atoms with Gasteiger partial charge in [0.2, 0.25) is 5.91 Å². The highest BCUT2D eigenvalue weighted by molar-refractivity contribution is 5.78. The van der Waals surface area contributed by atoms with Gasteiger partial charge in [0.25, 0.3) is 0 Å². The van der Waals surface area contributed by atoms with E-state index in [1.165, 1.54) is 10.9 Å². The topological polar surface area (TPSA) is 97.1 Å². The highest BCUT2D eigenvalue weighted by atomic mass is 16.4. The molecule has 2 rings (SSSR count). The van der Waals surface area contributed by atoms with Crippen LogP contribution in [-0.2, 0) is 35.5 Å². The molecule has 0 aliphatic carbocycles. The molecule has 0 saturated carbocycles. The number of nitrogens with one attached hydrogen (secondary N) is 1. The lowest BCUT2D eigenvalue weighted by Gasteiger charge is -2.07. The van der Waals surface area contributed by atoms with Crippen LogP contribution >= 0.6 is 0 Å². The monoisotopic (exact) mass is 302 g/mol. The summed E-state index contributed by atoms with van der Waals surface area (Å²) in [5.74, 6) is -1.09. The zero-order valence-electron chi connectivity index (χ0n) is 12.3. The summed E-state index contributed by atoms with van der Waals surface area (Å²) in [7, 11) is 0. The molecule has 116 valence electrons. The third kappa shape index (κ3) is 4.41. The molecule has 1 heterocycles. The molecular formula is C15H18N4O3. The number of aromatic nitrogens is 3. The van der Waals surface area contributed by atoms with Crippen LogP contribution in [0.2, 0.25) is 0 Å². The molecule has 1 aromatic heterocycles. The van der Waals surface area contributed by atoms with Crippen LogP contribution in [-0.4, -0.2) is 32.0 Å². The summed E-state index contributed by atoms with van der Waals surface area (Å²) in [5.41, 5.74) is 2.69. The van der Waals surface area contributed by atoms with Crippen LogP contribution in [0, 0.1) is 0 Å². The van der Waals surface area contributed by atoms with Gasteiger partial charge in [0.05, 0.1) is 19.2 Å². The van der Waals surface area contributed by atoms with E-state index in [0.29, 0.717) is 12.1 Å². The Morgan fingerprint density at radius 2 is 2.00 bits per heavy atom. The standard InChI is InChI=1S/C15H18N4O3/c1-2-11-5-3-4-6-12(11)7-14(20)16-8-13-9-19(18-17-13)10-15(21)22/h3-6,9H,2,7-8,10H2,1H3,(H,16,20)(H,21,22). The molecule has 0 atom stereocenters. The number of benzene rings is 1. The minimum atomic E-state index is -0.989. The second-order valence-electron chi connectivity index (χ2n) is 4.88. The minimum absolute atomic E-state index is 0.103. The van der Waals surface area contributed by atoms with Crippen LogP contribution in [0.25, 0.3) is 0 Å². The summed E-state index contributed by atoms with van der Waals surface area (Å²) < 4.78 is 1.22. The Labute approximate surface area is 128 Å². The normalized spacial score (nSPS) is 10.4. The van der Waals surface area contributed by atoms with Gasteiger partial charge in [-0.1, -0.05) is 36.4 Å². The minimum Gasteiger partial charge on any atom is -0.480 e. The van der Waals surface area contributed by atoms with E-state index in [4.69, 9.17) is 5.11 Å². The molecule has 1 aromatic carbocycles. The van der Waals surface area contributed by atoms with Crippen LogP contribution in [0.1, 0.15) is 23.7 Å². The summed E-state index contributed by atoms with van der Waals surface area (Å²) in [4.78, 5) is 22.5. The van der Waals surface area contributed by atoms with Crippen molar-refractivity contribution in [2.75, 3.05) is 0 Å². The Balaban J connectivity index is 1.87. The van der Waals surface area contributed by atoms with Crippen molar-refractivity contribution in [3.05, 3.63) is 47.3 Å². The molecule has 2 aromatic rings. The highest BCUT2D eigenvalue weighted by Crippen LogP contribution is 2.10. The molecule has 22 heavy (non-hydrogen) atoms. The van der Waals surface area contributed by atoms with Crippen LogP contribution in [0.15, 0.2) is 30.5 Å². The zero-order chi connectivity index (χ0) is 15.9. The number of hydrogen-bond donors (Lipinski definition) is 2. The molecule has 0 radical (unpaired) electrons.